The van der Waals surface area contributed by atoms with Crippen molar-refractivity contribution in [3.05, 3.63) is 52.7 Å². The summed E-state index contributed by atoms with van der Waals surface area (Å²) in [7, 11) is -2.30. The van der Waals surface area contributed by atoms with Crippen molar-refractivity contribution in [3.8, 4) is 0 Å². The van der Waals surface area contributed by atoms with Crippen molar-refractivity contribution in [3.63, 3.8) is 0 Å². The fourth-order valence-corrected chi connectivity index (χ4v) is 2.85. The van der Waals surface area contributed by atoms with Crippen LogP contribution in [0.4, 0.5) is 17.1 Å². The Morgan fingerprint density at radius 2 is 1.86 bits per heavy atom. The van der Waals surface area contributed by atoms with E-state index in [1.54, 1.807) is 19.2 Å². The smallest absolute Gasteiger partial charge is 0.281 e. The second-order valence-corrected chi connectivity index (χ2v) is 5.61. The van der Waals surface area contributed by atoms with Gasteiger partial charge in [0.25, 0.3) is 15.7 Å². The average Bonchev–Trinajstić information content (AvgIpc) is 2.47. The highest BCUT2D eigenvalue weighted by atomic mass is 32.2. The van der Waals surface area contributed by atoms with Gasteiger partial charge in [0.2, 0.25) is 0 Å². The molecule has 1 heterocycles. The third kappa shape index (κ3) is 3.26. The number of nitro groups is 1. The van der Waals surface area contributed by atoms with E-state index in [2.05, 4.69) is 15.0 Å². The first-order valence-corrected chi connectivity index (χ1v) is 7.32. The van der Waals surface area contributed by atoms with Gasteiger partial charge in [-0.25, -0.2) is 4.98 Å². The lowest BCUT2D eigenvalue weighted by molar-refractivity contribution is -0.384. The number of non-ortho nitro benzene ring substituents is 1. The first-order chi connectivity index (χ1) is 9.94. The van der Waals surface area contributed by atoms with Crippen LogP contribution in [0.5, 0.6) is 0 Å². The maximum Gasteiger partial charge on any atom is 0.281 e. The summed E-state index contributed by atoms with van der Waals surface area (Å²) in [6, 6.07) is 8.26. The van der Waals surface area contributed by atoms with Crippen LogP contribution in [-0.2, 0) is 10.0 Å². The van der Waals surface area contributed by atoms with Crippen LogP contribution in [0.1, 0.15) is 0 Å². The molecule has 2 N–H and O–H groups in total. The van der Waals surface area contributed by atoms with E-state index in [9.17, 15) is 18.5 Å². The van der Waals surface area contributed by atoms with Gasteiger partial charge in [-0.15, -0.1) is 0 Å². The van der Waals surface area contributed by atoms with E-state index < -0.39 is 14.9 Å². The third-order valence-corrected chi connectivity index (χ3v) is 3.96. The van der Waals surface area contributed by atoms with Crippen molar-refractivity contribution in [2.24, 2.45) is 0 Å². The van der Waals surface area contributed by atoms with E-state index in [4.69, 9.17) is 0 Å². The zero-order valence-electron chi connectivity index (χ0n) is 11.0. The van der Waals surface area contributed by atoms with Crippen LogP contribution in [0.15, 0.2) is 47.6 Å². The summed E-state index contributed by atoms with van der Waals surface area (Å²) in [5.41, 5.74) is 0.451. The van der Waals surface area contributed by atoms with Crippen LogP contribution < -0.4 is 10.0 Å². The summed E-state index contributed by atoms with van der Waals surface area (Å²) in [6.45, 7) is 0. The van der Waals surface area contributed by atoms with Crippen LogP contribution in [-0.4, -0.2) is 25.4 Å². The molecule has 0 fully saturated rings. The molecule has 8 nitrogen and oxygen atoms in total. The van der Waals surface area contributed by atoms with Gasteiger partial charge in [0.05, 0.1) is 10.6 Å². The number of benzene rings is 1. The molecule has 0 unspecified atom stereocenters. The fourth-order valence-electron chi connectivity index (χ4n) is 1.65. The summed E-state index contributed by atoms with van der Waals surface area (Å²) in [5, 5.41) is 13.1. The maximum atomic E-state index is 12.3. The Hall–Kier alpha value is -2.68. The molecule has 2 aromatic rings. The van der Waals surface area contributed by atoms with Crippen molar-refractivity contribution in [1.29, 1.82) is 0 Å². The van der Waals surface area contributed by atoms with Crippen molar-refractivity contribution in [2.75, 3.05) is 17.1 Å². The van der Waals surface area contributed by atoms with E-state index in [1.165, 1.54) is 30.5 Å². The van der Waals surface area contributed by atoms with Gasteiger partial charge in [-0.3, -0.25) is 14.8 Å². The molecular formula is C12H12N4O4S. The number of nitro benzene ring substituents is 1. The standard InChI is InChI=1S/C12H12N4O4S/c1-13-11-3-2-8-14-12(11)21(19,20)15-9-4-6-10(7-5-9)16(17)18/h2-8,13,15H,1H3. The van der Waals surface area contributed by atoms with Crippen LogP contribution in [0.3, 0.4) is 0 Å². The molecule has 0 spiro atoms. The highest BCUT2D eigenvalue weighted by Gasteiger charge is 2.20. The highest BCUT2D eigenvalue weighted by Crippen LogP contribution is 2.22. The number of nitrogens with one attached hydrogen (secondary N) is 2. The molecule has 0 aliphatic carbocycles. The van der Waals surface area contributed by atoms with Gasteiger partial charge in [0.15, 0.2) is 5.03 Å². The molecule has 21 heavy (non-hydrogen) atoms. The molecule has 0 saturated carbocycles. The van der Waals surface area contributed by atoms with Crippen LogP contribution in [0.2, 0.25) is 0 Å². The minimum atomic E-state index is -3.88. The lowest BCUT2D eigenvalue weighted by Gasteiger charge is -2.10. The van der Waals surface area contributed by atoms with Crippen molar-refractivity contribution >= 4 is 27.1 Å². The van der Waals surface area contributed by atoms with Gasteiger partial charge in [-0.2, -0.15) is 8.42 Å². The number of pyridine rings is 1. The number of hydrogen-bond acceptors (Lipinski definition) is 6. The molecule has 1 aromatic carbocycles. The minimum absolute atomic E-state index is 0.119. The second-order valence-electron chi connectivity index (χ2n) is 4.02. The molecule has 0 radical (unpaired) electrons. The summed E-state index contributed by atoms with van der Waals surface area (Å²) in [5.74, 6) is 0. The lowest BCUT2D eigenvalue weighted by atomic mass is 10.3. The molecule has 1 aromatic heterocycles. The SMILES string of the molecule is CNc1cccnc1S(=O)(=O)Nc1ccc([N+](=O)[O-])cc1. The molecule has 9 heteroatoms. The third-order valence-electron chi connectivity index (χ3n) is 2.63. The van der Waals surface area contributed by atoms with Crippen molar-refractivity contribution < 1.29 is 13.3 Å². The Kier molecular flexibility index (Phi) is 4.03. The fraction of sp³-hybridized carbons (Fsp3) is 0.0833. The zero-order valence-corrected chi connectivity index (χ0v) is 11.8. The maximum absolute atomic E-state index is 12.3. The Balaban J connectivity index is 2.31. The van der Waals surface area contributed by atoms with E-state index in [0.29, 0.717) is 5.69 Å². The van der Waals surface area contributed by atoms with E-state index in [-0.39, 0.29) is 16.4 Å². The predicted molar refractivity (Wildman–Crippen MR) is 77.7 cm³/mol. The van der Waals surface area contributed by atoms with E-state index in [1.807, 2.05) is 0 Å². The minimum Gasteiger partial charge on any atom is -0.386 e. The quantitative estimate of drug-likeness (QED) is 0.643. The topological polar surface area (TPSA) is 114 Å². The summed E-state index contributed by atoms with van der Waals surface area (Å²) < 4.78 is 26.8. The number of aromatic nitrogens is 1. The van der Waals surface area contributed by atoms with Gasteiger partial charge in [0.1, 0.15) is 0 Å². The predicted octanol–water partition coefficient (Wildman–Crippen LogP) is 1.83. The van der Waals surface area contributed by atoms with Crippen LogP contribution in [0, 0.1) is 10.1 Å². The molecule has 0 saturated heterocycles. The molecule has 2 rings (SSSR count). The molecule has 0 amide bonds. The van der Waals surface area contributed by atoms with Crippen molar-refractivity contribution in [1.82, 2.24) is 4.98 Å². The van der Waals surface area contributed by atoms with Crippen molar-refractivity contribution in [2.45, 2.75) is 5.03 Å². The molecule has 0 bridgehead atoms. The summed E-state index contributed by atoms with van der Waals surface area (Å²) in [6.07, 6.45) is 1.37. The number of anilines is 2. The Bertz CT molecular complexity index is 759. The second kappa shape index (κ2) is 5.75. The molecular weight excluding hydrogens is 296 g/mol. The van der Waals surface area contributed by atoms with E-state index >= 15 is 0 Å². The van der Waals surface area contributed by atoms with Gasteiger partial charge in [-0.1, -0.05) is 0 Å². The Labute approximate surface area is 121 Å². The monoisotopic (exact) mass is 308 g/mol. The van der Waals surface area contributed by atoms with Gasteiger partial charge in [-0.05, 0) is 24.3 Å². The molecule has 0 aliphatic rings. The number of nitrogens with zero attached hydrogens (tertiary/aromatic N) is 2. The normalized spacial score (nSPS) is 10.9. The van der Waals surface area contributed by atoms with Gasteiger partial charge >= 0.3 is 0 Å². The van der Waals surface area contributed by atoms with Gasteiger partial charge < -0.3 is 5.32 Å². The average molecular weight is 308 g/mol. The Morgan fingerprint density at radius 3 is 2.43 bits per heavy atom. The first kappa shape index (κ1) is 14.7. The zero-order chi connectivity index (χ0) is 15.5. The van der Waals surface area contributed by atoms with Crippen LogP contribution in [0.25, 0.3) is 0 Å². The van der Waals surface area contributed by atoms with E-state index in [0.717, 1.165) is 0 Å². The van der Waals surface area contributed by atoms with Crippen LogP contribution >= 0.6 is 0 Å². The first-order valence-electron chi connectivity index (χ1n) is 5.84. The Morgan fingerprint density at radius 1 is 1.19 bits per heavy atom. The molecule has 110 valence electrons. The molecule has 0 aliphatic heterocycles. The summed E-state index contributed by atoms with van der Waals surface area (Å²) in [4.78, 5) is 13.8. The number of rotatable bonds is 5. The lowest BCUT2D eigenvalue weighted by Crippen LogP contribution is -2.16. The van der Waals surface area contributed by atoms with Gasteiger partial charge in [0, 0.05) is 31.1 Å². The number of sulfonamides is 1. The number of hydrogen-bond donors (Lipinski definition) is 2. The largest absolute Gasteiger partial charge is 0.386 e. The molecule has 0 atom stereocenters. The summed E-state index contributed by atoms with van der Waals surface area (Å²) >= 11 is 0. The highest BCUT2D eigenvalue weighted by molar-refractivity contribution is 7.92.